The first kappa shape index (κ1) is 15.5. The molecular formula is C16H13BrFN4O2+. The molecule has 1 aromatic rings. The van der Waals surface area contributed by atoms with E-state index >= 15 is 0 Å². The fraction of sp³-hybridized carbons (Fsp3) is 0.438. The van der Waals surface area contributed by atoms with Crippen LogP contribution in [-0.2, 0) is 9.47 Å². The van der Waals surface area contributed by atoms with Crippen LogP contribution in [0.15, 0.2) is 22.7 Å². The zero-order chi connectivity index (χ0) is 17.3. The number of benzene rings is 1. The van der Waals surface area contributed by atoms with Gasteiger partial charge in [0.05, 0.1) is 29.3 Å². The van der Waals surface area contributed by atoms with Crippen molar-refractivity contribution in [2.75, 3.05) is 6.61 Å². The van der Waals surface area contributed by atoms with Crippen LogP contribution >= 0.6 is 15.9 Å². The Morgan fingerprint density at radius 3 is 2.71 bits per heavy atom. The van der Waals surface area contributed by atoms with Crippen LogP contribution in [0.25, 0.3) is 0 Å². The molecule has 3 N–H and O–H groups in total. The van der Waals surface area contributed by atoms with Gasteiger partial charge in [-0.3, -0.25) is 5.73 Å². The Kier molecular flexibility index (Phi) is 2.94. The molecule has 0 aromatic heterocycles. The van der Waals surface area contributed by atoms with Crippen molar-refractivity contribution < 1.29 is 18.9 Å². The Labute approximate surface area is 145 Å². The fourth-order valence-electron chi connectivity index (χ4n) is 4.16. The maximum Gasteiger partial charge on any atom is 0.343 e. The number of hydrogen-bond donors (Lipinski definition) is 2. The summed E-state index contributed by atoms with van der Waals surface area (Å²) in [5.41, 5.74) is 4.11. The zero-order valence-electron chi connectivity index (χ0n) is 12.6. The zero-order valence-corrected chi connectivity index (χ0v) is 14.2. The van der Waals surface area contributed by atoms with Crippen LogP contribution in [0.5, 0.6) is 0 Å². The van der Waals surface area contributed by atoms with Crippen LogP contribution in [0.2, 0.25) is 0 Å². The maximum atomic E-state index is 13.6. The molecule has 0 amide bonds. The lowest BCUT2D eigenvalue weighted by Gasteiger charge is -2.24. The Morgan fingerprint density at radius 1 is 1.42 bits per heavy atom. The van der Waals surface area contributed by atoms with Crippen LogP contribution in [-0.4, -0.2) is 24.5 Å². The van der Waals surface area contributed by atoms with E-state index < -0.39 is 28.5 Å². The Hall–Kier alpha value is -2.00. The number of nitrogens with two attached hydrogens (primary N) is 1. The first-order valence-corrected chi connectivity index (χ1v) is 8.18. The highest BCUT2D eigenvalue weighted by molar-refractivity contribution is 9.10. The van der Waals surface area contributed by atoms with E-state index in [0.29, 0.717) is 5.56 Å². The lowest BCUT2D eigenvalue weighted by molar-refractivity contribution is -0.677. The molecule has 2 fully saturated rings. The molecule has 0 bridgehead atoms. The van der Waals surface area contributed by atoms with Crippen LogP contribution in [0.4, 0.5) is 4.39 Å². The number of amidine groups is 1. The van der Waals surface area contributed by atoms with Crippen LogP contribution in [0.1, 0.15) is 18.4 Å². The highest BCUT2D eigenvalue weighted by Crippen LogP contribution is 2.79. The molecule has 24 heavy (non-hydrogen) atoms. The third-order valence-electron chi connectivity index (χ3n) is 5.17. The van der Waals surface area contributed by atoms with Gasteiger partial charge in [-0.1, -0.05) is 6.07 Å². The SMILES string of the molecule is C[C@H]1CO[C@]2([NH+]=C(N)[C@@]3(C#N)[C@@H](c4ccc(F)c(Br)c4)[C@@]23C#N)O1. The fourth-order valence-corrected chi connectivity index (χ4v) is 4.55. The van der Waals surface area contributed by atoms with E-state index in [0.717, 1.165) is 0 Å². The van der Waals surface area contributed by atoms with Crippen molar-refractivity contribution in [3.05, 3.63) is 34.1 Å². The van der Waals surface area contributed by atoms with Gasteiger partial charge < -0.3 is 9.47 Å². The minimum atomic E-state index is -1.47. The maximum absolute atomic E-state index is 13.6. The van der Waals surface area contributed by atoms with Crippen LogP contribution in [0.3, 0.4) is 0 Å². The number of nitriles is 2. The van der Waals surface area contributed by atoms with Crippen LogP contribution < -0.4 is 10.7 Å². The minimum Gasteiger partial charge on any atom is -0.311 e. The number of hydrogen-bond acceptors (Lipinski definition) is 5. The average Bonchev–Trinajstić information content (AvgIpc) is 2.95. The predicted octanol–water partition coefficient (Wildman–Crippen LogP) is 0.246. The first-order valence-electron chi connectivity index (χ1n) is 7.39. The molecule has 1 saturated heterocycles. The quantitative estimate of drug-likeness (QED) is 0.713. The summed E-state index contributed by atoms with van der Waals surface area (Å²) < 4.78 is 25.5. The Morgan fingerprint density at radius 2 is 2.17 bits per heavy atom. The normalized spacial score (nSPS) is 42.3. The molecule has 1 spiro atoms. The first-order chi connectivity index (χ1) is 11.4. The van der Waals surface area contributed by atoms with Crippen molar-refractivity contribution in [3.63, 3.8) is 0 Å². The Bertz CT molecular complexity index is 878. The molecule has 4 rings (SSSR count). The van der Waals surface area contributed by atoms with E-state index in [1.807, 2.05) is 6.92 Å². The second-order valence-corrected chi connectivity index (χ2v) is 7.20. The summed E-state index contributed by atoms with van der Waals surface area (Å²) in [5.74, 6) is -2.32. The summed E-state index contributed by atoms with van der Waals surface area (Å²) >= 11 is 3.14. The molecule has 1 saturated carbocycles. The van der Waals surface area contributed by atoms with Gasteiger partial charge in [0.2, 0.25) is 0 Å². The van der Waals surface area contributed by atoms with Gasteiger partial charge in [0, 0.05) is 5.92 Å². The van der Waals surface area contributed by atoms with Gasteiger partial charge in [0.1, 0.15) is 5.82 Å². The van der Waals surface area contributed by atoms with Crippen molar-refractivity contribution in [2.45, 2.75) is 24.9 Å². The summed E-state index contributed by atoms with van der Waals surface area (Å²) in [5, 5.41) is 19.9. The molecule has 6 nitrogen and oxygen atoms in total. The topological polar surface area (TPSA) is 106 Å². The largest absolute Gasteiger partial charge is 0.343 e. The van der Waals surface area contributed by atoms with Gasteiger partial charge in [-0.2, -0.15) is 10.5 Å². The highest BCUT2D eigenvalue weighted by Gasteiger charge is 2.97. The summed E-state index contributed by atoms with van der Waals surface area (Å²) in [6, 6.07) is 8.83. The molecule has 5 atom stereocenters. The lowest BCUT2D eigenvalue weighted by Crippen LogP contribution is -2.90. The van der Waals surface area contributed by atoms with E-state index in [1.165, 1.54) is 6.07 Å². The van der Waals surface area contributed by atoms with E-state index in [9.17, 15) is 14.9 Å². The lowest BCUT2D eigenvalue weighted by atomic mass is 9.94. The summed E-state index contributed by atoms with van der Waals surface area (Å²) in [7, 11) is 0. The molecule has 1 aromatic carbocycles. The molecule has 8 heteroatoms. The van der Waals surface area contributed by atoms with Gasteiger partial charge >= 0.3 is 5.91 Å². The standard InChI is InChI=1S/C16H12BrFN4O2/c1-8-5-23-16(24-8)15(7-20)12(14(15,6-19)13(21)22-16)9-2-3-11(18)10(17)4-9/h2-4,8,12H,5H2,1H3,(H2,21,22)/p+1/t8-,12+,14+,15+,16-/m0/s1. The molecule has 2 aliphatic heterocycles. The molecule has 0 radical (unpaired) electrons. The van der Waals surface area contributed by atoms with E-state index in [-0.39, 0.29) is 23.0 Å². The van der Waals surface area contributed by atoms with Crippen molar-refractivity contribution in [3.8, 4) is 12.1 Å². The molecular weight excluding hydrogens is 379 g/mol. The van der Waals surface area contributed by atoms with Gasteiger partial charge in [0.15, 0.2) is 10.8 Å². The number of nitrogens with one attached hydrogen (secondary N) is 1. The summed E-state index contributed by atoms with van der Waals surface area (Å²) in [4.78, 5) is 2.89. The molecule has 122 valence electrons. The molecule has 0 unspecified atom stereocenters. The number of rotatable bonds is 1. The summed E-state index contributed by atoms with van der Waals surface area (Å²) in [6.45, 7) is 2.10. The second kappa shape index (κ2) is 4.54. The Balaban J connectivity index is 1.92. The third kappa shape index (κ3) is 1.43. The van der Waals surface area contributed by atoms with Crippen molar-refractivity contribution in [1.82, 2.24) is 0 Å². The van der Waals surface area contributed by atoms with Crippen molar-refractivity contribution in [2.24, 2.45) is 16.6 Å². The number of nitrogens with zero attached hydrogens (tertiary/aromatic N) is 2. The molecule has 3 aliphatic rings. The van der Waals surface area contributed by atoms with Crippen molar-refractivity contribution >= 4 is 21.8 Å². The van der Waals surface area contributed by atoms with E-state index in [4.69, 9.17) is 15.2 Å². The van der Waals surface area contributed by atoms with Gasteiger partial charge in [-0.15, -0.1) is 0 Å². The van der Waals surface area contributed by atoms with Gasteiger partial charge in [-0.05, 0) is 40.5 Å². The minimum absolute atomic E-state index is 0.145. The summed E-state index contributed by atoms with van der Waals surface area (Å²) in [6.07, 6.45) is -0.244. The van der Waals surface area contributed by atoms with Crippen LogP contribution in [0, 0.1) is 39.3 Å². The van der Waals surface area contributed by atoms with Gasteiger partial charge in [0.25, 0.3) is 5.84 Å². The number of ether oxygens (including phenoxy) is 2. The predicted molar refractivity (Wildman–Crippen MR) is 82.3 cm³/mol. The number of halogens is 2. The van der Waals surface area contributed by atoms with E-state index in [1.54, 1.807) is 12.1 Å². The molecule has 1 aliphatic carbocycles. The smallest absolute Gasteiger partial charge is 0.311 e. The highest BCUT2D eigenvalue weighted by atomic mass is 79.9. The van der Waals surface area contributed by atoms with Crippen molar-refractivity contribution in [1.29, 1.82) is 10.5 Å². The monoisotopic (exact) mass is 391 g/mol. The third-order valence-corrected chi connectivity index (χ3v) is 5.77. The van der Waals surface area contributed by atoms with E-state index in [2.05, 4.69) is 33.1 Å². The number of fused-ring (bicyclic) bond motifs is 2. The second-order valence-electron chi connectivity index (χ2n) is 6.34. The van der Waals surface area contributed by atoms with Gasteiger partial charge in [-0.25, -0.2) is 9.38 Å². The molecule has 2 heterocycles. The average molecular weight is 392 g/mol.